The van der Waals surface area contributed by atoms with Gasteiger partial charge in [-0.05, 0) is 109 Å². The van der Waals surface area contributed by atoms with Gasteiger partial charge in [-0.15, -0.1) is 0 Å². The molecule has 1 atom stereocenters. The molecular weight excluding hydrogens is 638 g/mol. The first-order valence-electron chi connectivity index (χ1n) is 17.7. The summed E-state index contributed by atoms with van der Waals surface area (Å²) in [7, 11) is 1.75. The number of rotatable bonds is 5. The Morgan fingerprint density at radius 1 is 0.784 bits per heavy atom. The van der Waals surface area contributed by atoms with E-state index in [2.05, 4.69) is 41.1 Å². The van der Waals surface area contributed by atoms with Crippen molar-refractivity contribution in [1.82, 2.24) is 14.4 Å². The van der Waals surface area contributed by atoms with Crippen LogP contribution in [-0.4, -0.2) is 50.4 Å². The second-order valence-electron chi connectivity index (χ2n) is 14.0. The van der Waals surface area contributed by atoms with Gasteiger partial charge in [0.15, 0.2) is 0 Å². The van der Waals surface area contributed by atoms with Crippen LogP contribution in [0.3, 0.4) is 0 Å². The first-order valence-corrected chi connectivity index (χ1v) is 17.7. The van der Waals surface area contributed by atoms with E-state index in [9.17, 15) is 19.5 Å². The minimum Gasteiger partial charge on any atom is -0.508 e. The van der Waals surface area contributed by atoms with E-state index in [1.54, 1.807) is 41.1 Å². The van der Waals surface area contributed by atoms with E-state index in [1.807, 2.05) is 53.4 Å². The summed E-state index contributed by atoms with van der Waals surface area (Å²) in [5, 5.41) is 12.8. The van der Waals surface area contributed by atoms with E-state index in [4.69, 9.17) is 0 Å². The van der Waals surface area contributed by atoms with Crippen LogP contribution in [0.5, 0.6) is 5.75 Å². The Morgan fingerprint density at radius 3 is 2.25 bits per heavy atom. The van der Waals surface area contributed by atoms with Gasteiger partial charge >= 0.3 is 6.03 Å². The van der Waals surface area contributed by atoms with E-state index in [0.29, 0.717) is 36.4 Å². The van der Waals surface area contributed by atoms with Crippen LogP contribution >= 0.6 is 0 Å². The van der Waals surface area contributed by atoms with Crippen molar-refractivity contribution >= 4 is 29.2 Å². The number of nitrogens with zero attached hydrogens (tertiary/aromatic N) is 4. The second kappa shape index (κ2) is 13.1. The molecule has 0 saturated heterocycles. The summed E-state index contributed by atoms with van der Waals surface area (Å²) < 4.78 is 2.23. The van der Waals surface area contributed by atoms with Gasteiger partial charge in [0.2, 0.25) is 0 Å². The van der Waals surface area contributed by atoms with Gasteiger partial charge in [0.1, 0.15) is 5.75 Å². The Balaban J connectivity index is 1.21. The maximum absolute atomic E-state index is 14.8. The van der Waals surface area contributed by atoms with Gasteiger partial charge in [-0.25, -0.2) is 4.79 Å². The largest absolute Gasteiger partial charge is 0.508 e. The van der Waals surface area contributed by atoms with Crippen LogP contribution in [0.2, 0.25) is 0 Å². The van der Waals surface area contributed by atoms with E-state index in [-0.39, 0.29) is 29.6 Å². The van der Waals surface area contributed by atoms with Crippen molar-refractivity contribution in [3.05, 3.63) is 136 Å². The number of nitrogens with one attached hydrogen (secondary N) is 1. The van der Waals surface area contributed by atoms with Crippen molar-refractivity contribution in [2.75, 3.05) is 17.3 Å². The van der Waals surface area contributed by atoms with Crippen LogP contribution in [0.25, 0.3) is 11.3 Å². The zero-order valence-electron chi connectivity index (χ0n) is 28.9. The molecule has 3 aliphatic heterocycles. The van der Waals surface area contributed by atoms with Gasteiger partial charge in [0.05, 0.1) is 5.56 Å². The fourth-order valence-electron chi connectivity index (χ4n) is 7.87. The lowest BCUT2D eigenvalue weighted by Gasteiger charge is -2.35. The molecule has 9 heteroatoms. The highest BCUT2D eigenvalue weighted by atomic mass is 16.3. The molecule has 2 N–H and O–H groups in total. The Kier molecular flexibility index (Phi) is 8.34. The van der Waals surface area contributed by atoms with Crippen LogP contribution in [0.15, 0.2) is 97.1 Å². The van der Waals surface area contributed by atoms with Crippen molar-refractivity contribution in [3.8, 4) is 17.0 Å². The first kappa shape index (κ1) is 32.4. The van der Waals surface area contributed by atoms with E-state index in [0.717, 1.165) is 71.6 Å². The van der Waals surface area contributed by atoms with Crippen LogP contribution in [-0.2, 0) is 39.0 Å². The van der Waals surface area contributed by atoms with Gasteiger partial charge in [-0.3, -0.25) is 9.59 Å². The fourth-order valence-corrected chi connectivity index (χ4v) is 7.87. The monoisotopic (exact) mass is 679 g/mol. The molecule has 0 fully saturated rings. The van der Waals surface area contributed by atoms with Crippen LogP contribution < -0.4 is 10.2 Å². The number of hydrogen-bond acceptors (Lipinski definition) is 4. The van der Waals surface area contributed by atoms with Gasteiger partial charge in [-0.1, -0.05) is 42.5 Å². The second-order valence-corrected chi connectivity index (χ2v) is 14.0. The smallest absolute Gasteiger partial charge is 0.322 e. The molecule has 4 aromatic carbocycles. The topological polar surface area (TPSA) is 98.1 Å². The lowest BCUT2D eigenvalue weighted by atomic mass is 9.92. The van der Waals surface area contributed by atoms with Crippen LogP contribution in [0.1, 0.15) is 68.4 Å². The third-order valence-corrected chi connectivity index (χ3v) is 10.7. The molecule has 8 rings (SSSR count). The zero-order valence-corrected chi connectivity index (χ0v) is 28.9. The Labute approximate surface area is 297 Å². The molecule has 4 heterocycles. The molecule has 0 saturated carbocycles. The van der Waals surface area contributed by atoms with Crippen molar-refractivity contribution in [2.24, 2.45) is 0 Å². The minimum absolute atomic E-state index is 0.000943. The lowest BCUT2D eigenvalue weighted by Crippen LogP contribution is -2.42. The fraction of sp³-hybridized carbons (Fsp3) is 0.262. The summed E-state index contributed by atoms with van der Waals surface area (Å²) in [5.74, 6) is -0.0568. The van der Waals surface area contributed by atoms with Crippen molar-refractivity contribution in [2.45, 2.75) is 64.8 Å². The molecule has 258 valence electrons. The number of benzene rings is 4. The number of anilines is 2. The van der Waals surface area contributed by atoms with Gasteiger partial charge < -0.3 is 29.7 Å². The average Bonchev–Trinajstić information content (AvgIpc) is 3.76. The number of aromatic hydroxyl groups is 1. The van der Waals surface area contributed by atoms with Crippen molar-refractivity contribution in [3.63, 3.8) is 0 Å². The third-order valence-electron chi connectivity index (χ3n) is 10.7. The summed E-state index contributed by atoms with van der Waals surface area (Å²) in [4.78, 5) is 47.7. The quantitative estimate of drug-likeness (QED) is 0.200. The van der Waals surface area contributed by atoms with Gasteiger partial charge in [-0.2, -0.15) is 0 Å². The molecule has 1 aromatic heterocycles. The SMILES string of the molecule is C[C@@H]1Cc2ccccc2CN1C(=O)c1cc2c(cc1-c1cc(C(=O)N(C)c3ccc(O)cc3)c3n1CCCC3)CN(C(=O)Nc1ccccc1)C2. The summed E-state index contributed by atoms with van der Waals surface area (Å²) >= 11 is 0. The Morgan fingerprint density at radius 2 is 1.49 bits per heavy atom. The predicted octanol–water partition coefficient (Wildman–Crippen LogP) is 7.61. The van der Waals surface area contributed by atoms with E-state index >= 15 is 0 Å². The highest BCUT2D eigenvalue weighted by Gasteiger charge is 2.34. The van der Waals surface area contributed by atoms with Crippen molar-refractivity contribution < 1.29 is 19.5 Å². The highest BCUT2D eigenvalue weighted by molar-refractivity contribution is 6.08. The normalized spacial score (nSPS) is 16.2. The number of fused-ring (bicyclic) bond motifs is 3. The molecule has 0 aliphatic carbocycles. The predicted molar refractivity (Wildman–Crippen MR) is 198 cm³/mol. The first-order chi connectivity index (χ1) is 24.7. The molecule has 0 spiro atoms. The minimum atomic E-state index is -0.196. The number of hydrogen-bond donors (Lipinski definition) is 2. The van der Waals surface area contributed by atoms with Crippen molar-refractivity contribution in [1.29, 1.82) is 0 Å². The van der Waals surface area contributed by atoms with Crippen LogP contribution in [0, 0.1) is 0 Å². The molecule has 0 unspecified atom stereocenters. The van der Waals surface area contributed by atoms with E-state index < -0.39 is 0 Å². The number of para-hydroxylation sites is 1. The number of carbonyl (C=O) groups excluding carboxylic acids is 3. The Bertz CT molecular complexity index is 2160. The molecular formula is C42H41N5O4. The average molecular weight is 680 g/mol. The maximum Gasteiger partial charge on any atom is 0.322 e. The zero-order chi connectivity index (χ0) is 35.2. The number of phenols is 1. The molecule has 5 aromatic rings. The standard InChI is InChI=1S/C42H41N5O4/c1-27-20-28-10-6-7-11-29(28)26-47(27)41(50)36-22-31-25-45(42(51)43-32-12-4-3-5-13-32)24-30(31)21-35(36)39-23-37(38-14-8-9-19-46(38)39)40(49)44(2)33-15-17-34(48)18-16-33/h3-7,10-13,15-18,21-23,27,48H,8-9,14,19-20,24-26H2,1-2H3,(H,43,51)/t27-/m1/s1. The third kappa shape index (κ3) is 6.03. The molecule has 51 heavy (non-hydrogen) atoms. The summed E-state index contributed by atoms with van der Waals surface area (Å²) in [6.07, 6.45) is 3.47. The molecule has 0 radical (unpaired) electrons. The van der Waals surface area contributed by atoms with Crippen LogP contribution in [0.4, 0.5) is 16.2 Å². The molecule has 0 bridgehead atoms. The van der Waals surface area contributed by atoms with Gasteiger partial charge in [0, 0.05) is 73.2 Å². The number of amides is 4. The number of phenolic OH excluding ortho intramolecular Hbond substituents is 1. The summed E-state index contributed by atoms with van der Waals surface area (Å²) in [5.41, 5.74) is 9.55. The number of urea groups is 1. The summed E-state index contributed by atoms with van der Waals surface area (Å²) in [6.45, 7) is 4.16. The lowest BCUT2D eigenvalue weighted by molar-refractivity contribution is 0.0658. The highest BCUT2D eigenvalue weighted by Crippen LogP contribution is 2.38. The summed E-state index contributed by atoms with van der Waals surface area (Å²) in [6, 6.07) is 30.2. The molecule has 4 amide bonds. The number of aromatic nitrogens is 1. The molecule has 9 nitrogen and oxygen atoms in total. The van der Waals surface area contributed by atoms with Gasteiger partial charge in [0.25, 0.3) is 11.8 Å². The Hall–Kier alpha value is -5.83. The molecule has 3 aliphatic rings. The maximum atomic E-state index is 14.8. The number of carbonyl (C=O) groups is 3. The van der Waals surface area contributed by atoms with E-state index in [1.165, 1.54) is 5.56 Å².